The van der Waals surface area contributed by atoms with Crippen molar-refractivity contribution in [1.29, 1.82) is 0 Å². The summed E-state index contributed by atoms with van der Waals surface area (Å²) in [5.41, 5.74) is 3.28. The number of esters is 1. The Hall–Kier alpha value is -2.19. The first-order valence-electron chi connectivity index (χ1n) is 7.52. The molecule has 1 atom stereocenters. The van der Waals surface area contributed by atoms with E-state index in [9.17, 15) is 13.2 Å². The van der Waals surface area contributed by atoms with Crippen LogP contribution in [0.4, 0.5) is 0 Å². The van der Waals surface area contributed by atoms with Gasteiger partial charge in [0.15, 0.2) is 0 Å². The molecule has 2 heterocycles. The molecule has 1 aliphatic heterocycles. The van der Waals surface area contributed by atoms with Crippen molar-refractivity contribution in [3.63, 3.8) is 0 Å². The number of aromatic amines is 1. The van der Waals surface area contributed by atoms with E-state index in [1.165, 1.54) is 17.7 Å². The van der Waals surface area contributed by atoms with Crippen LogP contribution in [0.1, 0.15) is 22.5 Å². The molecule has 0 radical (unpaired) electrons. The molecule has 128 valence electrons. The molecular formula is C16H19N3O4S. The molecule has 0 fully saturated rings. The van der Waals surface area contributed by atoms with Crippen molar-refractivity contribution < 1.29 is 17.9 Å². The van der Waals surface area contributed by atoms with Crippen LogP contribution in [0.2, 0.25) is 0 Å². The number of carbonyl (C=O) groups excluding carboxylic acids is 1. The second-order valence-corrected chi connectivity index (χ2v) is 7.76. The molecule has 0 amide bonds. The topological polar surface area (TPSA) is 92.4 Å². The minimum absolute atomic E-state index is 0.0599. The van der Waals surface area contributed by atoms with Gasteiger partial charge in [0, 0.05) is 6.42 Å². The van der Waals surface area contributed by atoms with Gasteiger partial charge in [-0.15, -0.1) is 0 Å². The molecule has 0 spiro atoms. The summed E-state index contributed by atoms with van der Waals surface area (Å²) in [6, 6.07) is 4.04. The lowest BCUT2D eigenvalue weighted by atomic mass is 10.1. The summed E-state index contributed by atoms with van der Waals surface area (Å²) in [7, 11) is -2.59. The van der Waals surface area contributed by atoms with E-state index in [0.29, 0.717) is 11.4 Å². The molecule has 0 saturated carbocycles. The predicted octanol–water partition coefficient (Wildman–Crippen LogP) is 1.32. The molecule has 0 bridgehead atoms. The molecular weight excluding hydrogens is 330 g/mol. The number of H-pyrrole nitrogens is 1. The third kappa shape index (κ3) is 2.71. The number of aromatic nitrogens is 2. The number of rotatable bonds is 3. The summed E-state index contributed by atoms with van der Waals surface area (Å²) < 4.78 is 32.2. The number of methoxy groups -OCH3 is 1. The summed E-state index contributed by atoms with van der Waals surface area (Å²) in [5, 5.41) is 0. The third-order valence-electron chi connectivity index (χ3n) is 4.41. The Bertz CT molecular complexity index is 888. The fourth-order valence-corrected chi connectivity index (χ4v) is 4.44. The van der Waals surface area contributed by atoms with Gasteiger partial charge in [-0.2, -0.15) is 4.31 Å². The maximum Gasteiger partial charge on any atom is 0.324 e. The van der Waals surface area contributed by atoms with Gasteiger partial charge in [-0.05, 0) is 37.1 Å². The molecule has 0 saturated heterocycles. The smallest absolute Gasteiger partial charge is 0.324 e. The van der Waals surface area contributed by atoms with Crippen LogP contribution in [0.15, 0.2) is 29.4 Å². The second-order valence-electron chi connectivity index (χ2n) is 5.87. The Morgan fingerprint density at radius 2 is 2.08 bits per heavy atom. The van der Waals surface area contributed by atoms with Crippen molar-refractivity contribution in [2.24, 2.45) is 0 Å². The van der Waals surface area contributed by atoms with Crippen molar-refractivity contribution >= 4 is 16.0 Å². The van der Waals surface area contributed by atoms with Gasteiger partial charge in [0.05, 0.1) is 36.3 Å². The first-order valence-corrected chi connectivity index (χ1v) is 8.96. The van der Waals surface area contributed by atoms with E-state index in [2.05, 4.69) is 9.97 Å². The zero-order valence-electron chi connectivity index (χ0n) is 13.7. The largest absolute Gasteiger partial charge is 0.468 e. The maximum absolute atomic E-state index is 13.1. The zero-order valence-corrected chi connectivity index (χ0v) is 14.6. The fraction of sp³-hybridized carbons (Fsp3) is 0.375. The van der Waals surface area contributed by atoms with Crippen LogP contribution in [0.25, 0.3) is 0 Å². The Kier molecular flexibility index (Phi) is 4.18. The highest BCUT2D eigenvalue weighted by Crippen LogP contribution is 2.28. The number of nitrogens with zero attached hydrogens (tertiary/aromatic N) is 2. The van der Waals surface area contributed by atoms with Crippen molar-refractivity contribution in [1.82, 2.24) is 14.3 Å². The fourth-order valence-electron chi connectivity index (χ4n) is 2.81. The average molecular weight is 349 g/mol. The van der Waals surface area contributed by atoms with E-state index in [-0.39, 0.29) is 17.9 Å². The van der Waals surface area contributed by atoms with Crippen LogP contribution in [-0.2, 0) is 32.5 Å². The van der Waals surface area contributed by atoms with E-state index < -0.39 is 22.0 Å². The lowest BCUT2D eigenvalue weighted by Gasteiger charge is -2.32. The Morgan fingerprint density at radius 3 is 2.75 bits per heavy atom. The number of nitrogens with one attached hydrogen (secondary N) is 1. The lowest BCUT2D eigenvalue weighted by molar-refractivity contribution is -0.145. The molecule has 1 aliphatic rings. The number of benzene rings is 1. The minimum Gasteiger partial charge on any atom is -0.468 e. The van der Waals surface area contributed by atoms with Gasteiger partial charge in [0.1, 0.15) is 6.04 Å². The van der Waals surface area contributed by atoms with Gasteiger partial charge >= 0.3 is 5.97 Å². The third-order valence-corrected chi connectivity index (χ3v) is 6.26. The molecule has 3 rings (SSSR count). The van der Waals surface area contributed by atoms with Gasteiger partial charge in [0.2, 0.25) is 10.0 Å². The van der Waals surface area contributed by atoms with Crippen molar-refractivity contribution in [3.8, 4) is 0 Å². The molecule has 2 aromatic rings. The zero-order chi connectivity index (χ0) is 17.5. The molecule has 7 nitrogen and oxygen atoms in total. The summed E-state index contributed by atoms with van der Waals surface area (Å²) in [6.07, 6.45) is 1.70. The number of imidazole rings is 1. The van der Waals surface area contributed by atoms with Gasteiger partial charge in [-0.1, -0.05) is 6.07 Å². The average Bonchev–Trinajstić information content (AvgIpc) is 3.02. The van der Waals surface area contributed by atoms with E-state index in [1.807, 2.05) is 13.8 Å². The quantitative estimate of drug-likeness (QED) is 0.844. The summed E-state index contributed by atoms with van der Waals surface area (Å²) in [5.74, 6) is -0.587. The van der Waals surface area contributed by atoms with Crippen molar-refractivity contribution in [2.45, 2.75) is 37.8 Å². The number of sulfonamides is 1. The second kappa shape index (κ2) is 6.03. The summed E-state index contributed by atoms with van der Waals surface area (Å²) in [6.45, 7) is 3.83. The Balaban J connectivity index is 2.06. The van der Waals surface area contributed by atoms with Gasteiger partial charge in [-0.3, -0.25) is 4.79 Å². The number of ether oxygens (including phenoxy) is 1. The first kappa shape index (κ1) is 16.7. The normalized spacial score (nSPS) is 18.2. The number of hydrogen-bond acceptors (Lipinski definition) is 5. The highest BCUT2D eigenvalue weighted by Gasteiger charge is 2.41. The highest BCUT2D eigenvalue weighted by atomic mass is 32.2. The molecule has 0 aliphatic carbocycles. The molecule has 24 heavy (non-hydrogen) atoms. The van der Waals surface area contributed by atoms with Crippen molar-refractivity contribution in [3.05, 3.63) is 47.0 Å². The van der Waals surface area contributed by atoms with Gasteiger partial charge < -0.3 is 9.72 Å². The monoisotopic (exact) mass is 349 g/mol. The minimum atomic E-state index is -3.84. The van der Waals surface area contributed by atoms with Crippen molar-refractivity contribution in [2.75, 3.05) is 7.11 Å². The van der Waals surface area contributed by atoms with E-state index in [0.717, 1.165) is 11.1 Å². The van der Waals surface area contributed by atoms with E-state index in [4.69, 9.17) is 4.74 Å². The standard InChI is InChI=1S/C16H19N3O4S/c1-10-4-5-12(6-11(10)2)24(21,22)19-8-14-13(17-9-18-14)7-15(19)16(20)23-3/h4-6,9,15H,7-8H2,1-3H3,(H,17,18). The van der Waals surface area contributed by atoms with Crippen LogP contribution in [0.3, 0.4) is 0 Å². The number of carbonyl (C=O) groups is 1. The van der Waals surface area contributed by atoms with Crippen LogP contribution in [-0.4, -0.2) is 41.8 Å². The van der Waals surface area contributed by atoms with E-state index >= 15 is 0 Å². The molecule has 8 heteroatoms. The SMILES string of the molecule is COC(=O)C1Cc2nc[nH]c2CN1S(=O)(=O)c1ccc(C)c(C)c1. The van der Waals surface area contributed by atoms with Crippen LogP contribution >= 0.6 is 0 Å². The summed E-state index contributed by atoms with van der Waals surface area (Å²) in [4.78, 5) is 19.4. The maximum atomic E-state index is 13.1. The number of hydrogen-bond donors (Lipinski definition) is 1. The number of aryl methyl sites for hydroxylation is 2. The highest BCUT2D eigenvalue weighted by molar-refractivity contribution is 7.89. The first-order chi connectivity index (χ1) is 11.3. The number of fused-ring (bicyclic) bond motifs is 1. The molecule has 1 aromatic carbocycles. The Morgan fingerprint density at radius 1 is 1.33 bits per heavy atom. The van der Waals surface area contributed by atoms with Crippen LogP contribution < -0.4 is 0 Å². The Labute approximate surface area is 140 Å². The van der Waals surface area contributed by atoms with E-state index in [1.54, 1.807) is 18.2 Å². The summed E-state index contributed by atoms with van der Waals surface area (Å²) >= 11 is 0. The molecule has 1 aromatic heterocycles. The van der Waals surface area contributed by atoms with Gasteiger partial charge in [-0.25, -0.2) is 13.4 Å². The van der Waals surface area contributed by atoms with Gasteiger partial charge in [0.25, 0.3) is 0 Å². The van der Waals surface area contributed by atoms with Crippen LogP contribution in [0, 0.1) is 13.8 Å². The predicted molar refractivity (Wildman–Crippen MR) is 86.7 cm³/mol. The van der Waals surface area contributed by atoms with Crippen LogP contribution in [0.5, 0.6) is 0 Å². The molecule has 1 N–H and O–H groups in total. The lowest BCUT2D eigenvalue weighted by Crippen LogP contribution is -2.49. The molecule has 1 unspecified atom stereocenters.